The average Bonchev–Trinajstić information content (AvgIpc) is 2.21. The van der Waals surface area contributed by atoms with E-state index in [0.717, 1.165) is 32.7 Å². The van der Waals surface area contributed by atoms with Crippen molar-refractivity contribution in [3.05, 3.63) is 0 Å². The Kier molecular flexibility index (Phi) is 5.86. The molecule has 0 bridgehead atoms. The van der Waals surface area contributed by atoms with Crippen LogP contribution >= 0.6 is 0 Å². The van der Waals surface area contributed by atoms with Gasteiger partial charge in [-0.1, -0.05) is 0 Å². The van der Waals surface area contributed by atoms with Gasteiger partial charge in [-0.25, -0.2) is 0 Å². The maximum Gasteiger partial charge on any atom is 0.0757 e. The van der Waals surface area contributed by atoms with Crippen molar-refractivity contribution in [2.75, 3.05) is 32.8 Å². The molecule has 0 aromatic rings. The number of hydrogen-bond acceptors (Lipinski definition) is 4. The summed E-state index contributed by atoms with van der Waals surface area (Å²) in [4.78, 5) is 2.45. The first-order chi connectivity index (χ1) is 7.96. The minimum atomic E-state index is -0.0402. The Morgan fingerprint density at radius 2 is 2.24 bits per heavy atom. The van der Waals surface area contributed by atoms with Gasteiger partial charge in [0, 0.05) is 32.8 Å². The summed E-state index contributed by atoms with van der Waals surface area (Å²) in [7, 11) is 0. The van der Waals surface area contributed by atoms with Crippen molar-refractivity contribution < 1.29 is 9.47 Å². The van der Waals surface area contributed by atoms with E-state index in [9.17, 15) is 0 Å². The number of morpholine rings is 1. The summed E-state index contributed by atoms with van der Waals surface area (Å²) in [6, 6.07) is 0. The molecule has 1 aliphatic heterocycles. The van der Waals surface area contributed by atoms with Gasteiger partial charge >= 0.3 is 0 Å². The van der Waals surface area contributed by atoms with Crippen molar-refractivity contribution >= 4 is 0 Å². The third kappa shape index (κ3) is 5.34. The fraction of sp³-hybridized carbons (Fsp3) is 1.00. The van der Waals surface area contributed by atoms with Gasteiger partial charge < -0.3 is 15.2 Å². The molecule has 0 aliphatic carbocycles. The molecule has 1 aliphatic rings. The van der Waals surface area contributed by atoms with Crippen molar-refractivity contribution in [2.45, 2.75) is 51.9 Å². The number of hydrogen-bond donors (Lipinski definition) is 1. The van der Waals surface area contributed by atoms with Gasteiger partial charge in [-0.3, -0.25) is 4.90 Å². The summed E-state index contributed by atoms with van der Waals surface area (Å²) in [5.74, 6) is 0. The molecule has 17 heavy (non-hydrogen) atoms. The van der Waals surface area contributed by atoms with Crippen LogP contribution < -0.4 is 5.73 Å². The van der Waals surface area contributed by atoms with Crippen LogP contribution in [0.4, 0.5) is 0 Å². The Labute approximate surface area is 105 Å². The highest BCUT2D eigenvalue weighted by molar-refractivity contribution is 4.82. The van der Waals surface area contributed by atoms with E-state index in [0.29, 0.717) is 12.6 Å². The van der Waals surface area contributed by atoms with Crippen molar-refractivity contribution in [2.24, 2.45) is 5.73 Å². The summed E-state index contributed by atoms with van der Waals surface area (Å²) < 4.78 is 11.5. The zero-order valence-corrected chi connectivity index (χ0v) is 11.7. The van der Waals surface area contributed by atoms with Gasteiger partial charge in [0.1, 0.15) is 0 Å². The van der Waals surface area contributed by atoms with Crippen LogP contribution in [-0.2, 0) is 9.47 Å². The van der Waals surface area contributed by atoms with E-state index in [4.69, 9.17) is 15.2 Å². The van der Waals surface area contributed by atoms with E-state index in [2.05, 4.69) is 25.7 Å². The smallest absolute Gasteiger partial charge is 0.0757 e. The van der Waals surface area contributed by atoms with Crippen molar-refractivity contribution in [3.63, 3.8) is 0 Å². The highest BCUT2D eigenvalue weighted by Crippen LogP contribution is 2.21. The second-order valence-corrected chi connectivity index (χ2v) is 5.53. The van der Waals surface area contributed by atoms with Crippen LogP contribution in [0.15, 0.2) is 0 Å². The van der Waals surface area contributed by atoms with Gasteiger partial charge in [-0.15, -0.1) is 0 Å². The molecular formula is C13H28N2O2. The van der Waals surface area contributed by atoms with Gasteiger partial charge in [-0.2, -0.15) is 0 Å². The van der Waals surface area contributed by atoms with Gasteiger partial charge in [-0.05, 0) is 34.1 Å². The molecule has 4 heteroatoms. The maximum absolute atomic E-state index is 5.89. The van der Waals surface area contributed by atoms with Crippen LogP contribution in [0.3, 0.4) is 0 Å². The quantitative estimate of drug-likeness (QED) is 0.763. The highest BCUT2D eigenvalue weighted by Gasteiger charge is 2.31. The molecule has 0 radical (unpaired) electrons. The van der Waals surface area contributed by atoms with Crippen LogP contribution in [0.25, 0.3) is 0 Å². The molecule has 0 spiro atoms. The van der Waals surface area contributed by atoms with Crippen LogP contribution in [0.5, 0.6) is 0 Å². The van der Waals surface area contributed by atoms with Crippen LogP contribution in [-0.4, -0.2) is 55.5 Å². The number of nitrogens with zero attached hydrogens (tertiary/aromatic N) is 1. The average molecular weight is 244 g/mol. The van der Waals surface area contributed by atoms with Crippen molar-refractivity contribution in [1.82, 2.24) is 4.90 Å². The van der Waals surface area contributed by atoms with Crippen LogP contribution in [0, 0.1) is 0 Å². The lowest BCUT2D eigenvalue weighted by Gasteiger charge is -2.42. The summed E-state index contributed by atoms with van der Waals surface area (Å²) >= 11 is 0. The summed E-state index contributed by atoms with van der Waals surface area (Å²) in [6.45, 7) is 12.8. The molecule has 1 saturated heterocycles. The Balaban J connectivity index is 2.35. The number of rotatable bonds is 6. The van der Waals surface area contributed by atoms with Crippen molar-refractivity contribution in [3.8, 4) is 0 Å². The molecule has 0 saturated carbocycles. The molecule has 4 nitrogen and oxygen atoms in total. The van der Waals surface area contributed by atoms with Gasteiger partial charge in [0.2, 0.25) is 0 Å². The molecule has 2 unspecified atom stereocenters. The monoisotopic (exact) mass is 244 g/mol. The SMILES string of the molecule is CCOC(CN)CCN1CC(C)OC(C)(C)C1. The molecule has 0 amide bonds. The minimum Gasteiger partial charge on any atom is -0.377 e. The molecular weight excluding hydrogens is 216 g/mol. The van der Waals surface area contributed by atoms with E-state index >= 15 is 0 Å². The second kappa shape index (κ2) is 6.69. The highest BCUT2D eigenvalue weighted by atomic mass is 16.5. The lowest BCUT2D eigenvalue weighted by molar-refractivity contribution is -0.130. The molecule has 0 aromatic heterocycles. The first-order valence-electron chi connectivity index (χ1n) is 6.68. The summed E-state index contributed by atoms with van der Waals surface area (Å²) in [6.07, 6.45) is 1.51. The summed E-state index contributed by atoms with van der Waals surface area (Å²) in [5, 5.41) is 0. The van der Waals surface area contributed by atoms with E-state index in [-0.39, 0.29) is 11.7 Å². The van der Waals surface area contributed by atoms with E-state index in [1.165, 1.54) is 0 Å². The lowest BCUT2D eigenvalue weighted by Crippen LogP contribution is -2.52. The number of nitrogens with two attached hydrogens (primary N) is 1. The Hall–Kier alpha value is -0.160. The van der Waals surface area contributed by atoms with E-state index < -0.39 is 0 Å². The zero-order valence-electron chi connectivity index (χ0n) is 11.7. The molecule has 1 fully saturated rings. The topological polar surface area (TPSA) is 47.7 Å². The molecule has 1 heterocycles. The summed E-state index contributed by atoms with van der Waals surface area (Å²) in [5.41, 5.74) is 5.65. The third-order valence-electron chi connectivity index (χ3n) is 3.07. The number of ether oxygens (including phenoxy) is 2. The zero-order chi connectivity index (χ0) is 12.9. The van der Waals surface area contributed by atoms with Crippen LogP contribution in [0.2, 0.25) is 0 Å². The van der Waals surface area contributed by atoms with Gasteiger partial charge in [0.05, 0.1) is 17.8 Å². The standard InChI is InChI=1S/C13H28N2O2/c1-5-16-12(8-14)6-7-15-9-11(2)17-13(3,4)10-15/h11-12H,5-10,14H2,1-4H3. The molecule has 2 atom stereocenters. The Morgan fingerprint density at radius 1 is 1.53 bits per heavy atom. The fourth-order valence-corrected chi connectivity index (χ4v) is 2.59. The fourth-order valence-electron chi connectivity index (χ4n) is 2.59. The van der Waals surface area contributed by atoms with E-state index in [1.54, 1.807) is 0 Å². The predicted octanol–water partition coefficient (Wildman–Crippen LogP) is 1.24. The molecule has 2 N–H and O–H groups in total. The van der Waals surface area contributed by atoms with E-state index in [1.807, 2.05) is 6.92 Å². The third-order valence-corrected chi connectivity index (χ3v) is 3.07. The Morgan fingerprint density at radius 3 is 2.76 bits per heavy atom. The normalized spacial score (nSPS) is 27.0. The molecule has 102 valence electrons. The second-order valence-electron chi connectivity index (χ2n) is 5.53. The predicted molar refractivity (Wildman–Crippen MR) is 70.2 cm³/mol. The minimum absolute atomic E-state index is 0.0402. The first-order valence-corrected chi connectivity index (χ1v) is 6.68. The lowest BCUT2D eigenvalue weighted by atomic mass is 10.0. The maximum atomic E-state index is 5.89. The van der Waals surface area contributed by atoms with Crippen molar-refractivity contribution in [1.29, 1.82) is 0 Å². The van der Waals surface area contributed by atoms with Gasteiger partial charge in [0.15, 0.2) is 0 Å². The largest absolute Gasteiger partial charge is 0.377 e. The molecule has 1 rings (SSSR count). The van der Waals surface area contributed by atoms with Gasteiger partial charge in [0.25, 0.3) is 0 Å². The first kappa shape index (κ1) is 14.9. The molecule has 0 aromatic carbocycles. The van der Waals surface area contributed by atoms with Crippen LogP contribution in [0.1, 0.15) is 34.1 Å². The Bertz CT molecular complexity index is 221.